The van der Waals surface area contributed by atoms with Crippen LogP contribution in [0.4, 0.5) is 11.4 Å². The second-order valence-corrected chi connectivity index (χ2v) is 11.6. The highest BCUT2D eigenvalue weighted by Crippen LogP contribution is 2.45. The first-order valence-electron chi connectivity index (χ1n) is 15.3. The smallest absolute Gasteiger partial charge is 0.338 e. The number of esters is 1. The Bertz CT molecular complexity index is 1960. The van der Waals surface area contributed by atoms with Crippen molar-refractivity contribution in [2.75, 3.05) is 19.0 Å². The predicted molar refractivity (Wildman–Crippen MR) is 188 cm³/mol. The fourth-order valence-electron chi connectivity index (χ4n) is 5.00. The molecule has 0 bridgehead atoms. The molecule has 0 saturated carbocycles. The van der Waals surface area contributed by atoms with Gasteiger partial charge in [-0.2, -0.15) is 0 Å². The van der Waals surface area contributed by atoms with Crippen molar-refractivity contribution in [3.63, 3.8) is 0 Å². The quantitative estimate of drug-likeness (QED) is 0.0994. The summed E-state index contributed by atoms with van der Waals surface area (Å²) in [6.07, 6.45) is 5.20. The summed E-state index contributed by atoms with van der Waals surface area (Å²) in [6, 6.07) is 35.4. The molecule has 4 aromatic carbocycles. The number of carbonyl (C=O) groups excluding carboxylic acids is 1. The third-order valence-electron chi connectivity index (χ3n) is 7.38. The molecule has 0 spiro atoms. The van der Waals surface area contributed by atoms with Gasteiger partial charge in [0.15, 0.2) is 11.5 Å². The van der Waals surface area contributed by atoms with Crippen LogP contribution in [0.3, 0.4) is 0 Å². The van der Waals surface area contributed by atoms with E-state index in [1.165, 1.54) is 0 Å². The molecule has 0 radical (unpaired) electrons. The summed E-state index contributed by atoms with van der Waals surface area (Å²) >= 11 is 1.55. The normalized spacial score (nSPS) is 11.2. The predicted octanol–water partition coefficient (Wildman–Crippen LogP) is 9.31. The number of hydrogen-bond donors (Lipinski definition) is 1. The molecule has 236 valence electrons. The van der Waals surface area contributed by atoms with Gasteiger partial charge in [0.1, 0.15) is 19.0 Å². The minimum atomic E-state index is -0.412. The van der Waals surface area contributed by atoms with Crippen LogP contribution in [0, 0.1) is 0 Å². The van der Waals surface area contributed by atoms with Crippen molar-refractivity contribution >= 4 is 50.4 Å². The number of pyridine rings is 1. The Labute approximate surface area is 278 Å². The second-order valence-electron chi connectivity index (χ2n) is 10.6. The maximum atomic E-state index is 13.3. The Hall–Kier alpha value is -5.60. The molecule has 0 atom stereocenters. The largest absolute Gasteiger partial charge is 0.497 e. The lowest BCUT2D eigenvalue weighted by molar-refractivity contribution is -0.136. The lowest BCUT2D eigenvalue weighted by atomic mass is 10.1. The Morgan fingerprint density at radius 2 is 1.43 bits per heavy atom. The molecule has 0 aliphatic heterocycles. The van der Waals surface area contributed by atoms with Gasteiger partial charge in [0.25, 0.3) is 0 Å². The van der Waals surface area contributed by atoms with Gasteiger partial charge in [0, 0.05) is 34.2 Å². The number of ether oxygens (including phenoxy) is 4. The molecular weight excluding hydrogens is 609 g/mol. The van der Waals surface area contributed by atoms with Gasteiger partial charge in [-0.05, 0) is 72.2 Å². The van der Waals surface area contributed by atoms with Crippen LogP contribution in [0.1, 0.15) is 28.5 Å². The average molecular weight is 643 g/mol. The van der Waals surface area contributed by atoms with Gasteiger partial charge < -0.3 is 24.3 Å². The highest BCUT2D eigenvalue weighted by Gasteiger charge is 2.20. The second kappa shape index (κ2) is 15.1. The maximum absolute atomic E-state index is 13.3. The zero-order valence-corrected chi connectivity index (χ0v) is 27.0. The van der Waals surface area contributed by atoms with E-state index >= 15 is 0 Å². The fourth-order valence-corrected chi connectivity index (χ4v) is 6.11. The molecule has 8 heteroatoms. The van der Waals surface area contributed by atoms with Crippen molar-refractivity contribution < 1.29 is 23.7 Å². The molecule has 6 rings (SSSR count). The van der Waals surface area contributed by atoms with Crippen molar-refractivity contribution in [2.45, 2.75) is 20.1 Å². The monoisotopic (exact) mass is 642 g/mol. The molecular formula is C39H34N2O5S. The van der Waals surface area contributed by atoms with Gasteiger partial charge in [0.05, 0.1) is 29.9 Å². The van der Waals surface area contributed by atoms with Gasteiger partial charge in [0.2, 0.25) is 0 Å². The van der Waals surface area contributed by atoms with Crippen LogP contribution in [0.2, 0.25) is 0 Å². The van der Waals surface area contributed by atoms with Crippen LogP contribution >= 0.6 is 11.3 Å². The third-order valence-corrected chi connectivity index (χ3v) is 8.48. The van der Waals surface area contributed by atoms with Crippen LogP contribution in [-0.2, 0) is 22.7 Å². The van der Waals surface area contributed by atoms with Gasteiger partial charge in [-0.15, -0.1) is 11.3 Å². The van der Waals surface area contributed by atoms with E-state index in [2.05, 4.69) is 10.3 Å². The molecule has 0 aliphatic carbocycles. The van der Waals surface area contributed by atoms with Crippen molar-refractivity contribution in [1.29, 1.82) is 0 Å². The van der Waals surface area contributed by atoms with E-state index in [1.54, 1.807) is 49.9 Å². The molecule has 0 amide bonds. The zero-order valence-electron chi connectivity index (χ0n) is 26.1. The number of methoxy groups -OCH3 is 1. The minimum absolute atomic E-state index is 0.259. The fraction of sp³-hybridized carbons (Fsp3) is 0.128. The first kappa shape index (κ1) is 31.4. The van der Waals surface area contributed by atoms with Gasteiger partial charge in [-0.3, -0.25) is 4.98 Å². The topological polar surface area (TPSA) is 78.9 Å². The van der Waals surface area contributed by atoms with Crippen molar-refractivity contribution in [3.8, 4) is 17.2 Å². The number of hydrogen-bond acceptors (Lipinski definition) is 8. The number of thiophene rings is 1. The van der Waals surface area contributed by atoms with E-state index in [4.69, 9.17) is 18.9 Å². The summed E-state index contributed by atoms with van der Waals surface area (Å²) in [7, 11) is 1.64. The standard InChI is InChI=1S/C39H34N2O5S/c1-3-44-39(42)32(29-18-20-40-21-19-29)23-37-38(41-30-14-16-31(43-2)17-15-30)33-22-34(45-25-27-10-6-4-7-11-27)35(24-36(33)47-37)46-26-28-12-8-5-9-13-28/h4-24,41H,3,25-26H2,1-2H3/b32-23+. The number of rotatable bonds is 13. The molecule has 0 saturated heterocycles. The number of nitrogens with one attached hydrogen (secondary N) is 1. The molecule has 7 nitrogen and oxygen atoms in total. The molecule has 0 fully saturated rings. The van der Waals surface area contributed by atoms with Crippen LogP contribution < -0.4 is 19.5 Å². The van der Waals surface area contributed by atoms with Crippen LogP contribution in [0.5, 0.6) is 17.2 Å². The van der Waals surface area contributed by atoms with Crippen molar-refractivity contribution in [2.24, 2.45) is 0 Å². The number of aromatic nitrogens is 1. The first-order chi connectivity index (χ1) is 23.1. The molecule has 2 heterocycles. The van der Waals surface area contributed by atoms with E-state index in [9.17, 15) is 4.79 Å². The number of fused-ring (bicyclic) bond motifs is 1. The highest BCUT2D eigenvalue weighted by atomic mass is 32.1. The Morgan fingerprint density at radius 3 is 2.02 bits per heavy atom. The minimum Gasteiger partial charge on any atom is -0.497 e. The van der Waals surface area contributed by atoms with Gasteiger partial charge in [-0.25, -0.2) is 4.79 Å². The highest BCUT2D eigenvalue weighted by molar-refractivity contribution is 7.20. The first-order valence-corrected chi connectivity index (χ1v) is 16.1. The number of nitrogens with zero attached hydrogens (tertiary/aromatic N) is 1. The Balaban J connectivity index is 1.48. The molecule has 1 N–H and O–H groups in total. The van der Waals surface area contributed by atoms with Gasteiger partial charge in [-0.1, -0.05) is 60.7 Å². The molecule has 2 aromatic heterocycles. The lowest BCUT2D eigenvalue weighted by Crippen LogP contribution is -2.07. The van der Waals surface area contributed by atoms with Crippen LogP contribution in [0.15, 0.2) is 122 Å². The summed E-state index contributed by atoms with van der Waals surface area (Å²) in [6.45, 7) is 2.82. The number of benzene rings is 4. The SMILES string of the molecule is CCOC(=O)/C(=C/c1sc2cc(OCc3ccccc3)c(OCc3ccccc3)cc2c1Nc1ccc(OC)cc1)c1ccncc1. The van der Waals surface area contributed by atoms with E-state index in [0.29, 0.717) is 35.8 Å². The van der Waals surface area contributed by atoms with E-state index < -0.39 is 5.97 Å². The lowest BCUT2D eigenvalue weighted by Gasteiger charge is -2.15. The molecule has 0 unspecified atom stereocenters. The maximum Gasteiger partial charge on any atom is 0.338 e. The van der Waals surface area contributed by atoms with E-state index in [1.807, 2.05) is 103 Å². The van der Waals surface area contributed by atoms with E-state index in [0.717, 1.165) is 43.2 Å². The summed E-state index contributed by atoms with van der Waals surface area (Å²) < 4.78 is 24.6. The molecule has 0 aliphatic rings. The average Bonchev–Trinajstić information content (AvgIpc) is 3.45. The van der Waals surface area contributed by atoms with Crippen LogP contribution in [0.25, 0.3) is 21.7 Å². The third kappa shape index (κ3) is 7.80. The van der Waals surface area contributed by atoms with Crippen molar-refractivity contribution in [1.82, 2.24) is 4.98 Å². The van der Waals surface area contributed by atoms with Crippen LogP contribution in [-0.4, -0.2) is 24.7 Å². The zero-order chi connectivity index (χ0) is 32.4. The molecule has 6 aromatic rings. The van der Waals surface area contributed by atoms with E-state index in [-0.39, 0.29) is 6.61 Å². The summed E-state index contributed by atoms with van der Waals surface area (Å²) in [5.41, 5.74) is 4.92. The van der Waals surface area contributed by atoms with Gasteiger partial charge >= 0.3 is 5.97 Å². The summed E-state index contributed by atoms with van der Waals surface area (Å²) in [5.74, 6) is 1.59. The molecule has 47 heavy (non-hydrogen) atoms. The number of carbonyl (C=O) groups is 1. The summed E-state index contributed by atoms with van der Waals surface area (Å²) in [5, 5.41) is 4.52. The van der Waals surface area contributed by atoms with Crippen molar-refractivity contribution in [3.05, 3.63) is 143 Å². The Morgan fingerprint density at radius 1 is 0.809 bits per heavy atom. The number of anilines is 2. The Kier molecular flexibility index (Phi) is 10.1. The summed E-state index contributed by atoms with van der Waals surface area (Å²) in [4.78, 5) is 18.2.